The fourth-order valence-electron chi connectivity index (χ4n) is 3.35. The number of hydrogen-bond acceptors (Lipinski definition) is 4. The number of ether oxygens (including phenoxy) is 1. The molecule has 3 atom stereocenters. The Morgan fingerprint density at radius 1 is 1.52 bits per heavy atom. The lowest BCUT2D eigenvalue weighted by Crippen LogP contribution is -2.43. The predicted molar refractivity (Wildman–Crippen MR) is 76.8 cm³/mol. The van der Waals surface area contributed by atoms with Crippen LogP contribution in [0.5, 0.6) is 5.75 Å². The molecule has 1 saturated carbocycles. The van der Waals surface area contributed by atoms with E-state index in [4.69, 9.17) is 9.57 Å². The highest BCUT2D eigenvalue weighted by Crippen LogP contribution is 2.47. The molecule has 1 aromatic rings. The van der Waals surface area contributed by atoms with Crippen molar-refractivity contribution >= 4 is 5.97 Å². The summed E-state index contributed by atoms with van der Waals surface area (Å²) in [5.74, 6) is -0.291. The van der Waals surface area contributed by atoms with Crippen LogP contribution in [-0.2, 0) is 9.63 Å². The van der Waals surface area contributed by atoms with Crippen molar-refractivity contribution < 1.29 is 19.5 Å². The molecule has 1 aliphatic heterocycles. The van der Waals surface area contributed by atoms with E-state index in [0.717, 1.165) is 11.3 Å². The topological polar surface area (TPSA) is 67.8 Å². The molecule has 21 heavy (non-hydrogen) atoms. The first-order chi connectivity index (χ1) is 10.1. The van der Waals surface area contributed by atoms with Crippen molar-refractivity contribution in [2.45, 2.75) is 30.8 Å². The highest BCUT2D eigenvalue weighted by Gasteiger charge is 2.47. The van der Waals surface area contributed by atoms with E-state index >= 15 is 0 Å². The van der Waals surface area contributed by atoms with Crippen LogP contribution < -0.4 is 10.2 Å². The van der Waals surface area contributed by atoms with Crippen molar-refractivity contribution in [2.24, 2.45) is 5.92 Å². The minimum absolute atomic E-state index is 0.00583. The third-order valence-corrected chi connectivity index (χ3v) is 4.52. The summed E-state index contributed by atoms with van der Waals surface area (Å²) in [6.07, 6.45) is 5.68. The molecular formula is C16H19NO4. The van der Waals surface area contributed by atoms with Gasteiger partial charge in [0.1, 0.15) is 11.4 Å². The first kappa shape index (κ1) is 13.9. The lowest BCUT2D eigenvalue weighted by molar-refractivity contribution is -0.146. The molecule has 1 heterocycles. The van der Waals surface area contributed by atoms with E-state index in [1.807, 2.05) is 30.3 Å². The Morgan fingerprint density at radius 2 is 2.38 bits per heavy atom. The SMILES string of the molecule is COc1cccc(C2CC(C(=O)O)CCC23C=CNO3)c1. The maximum Gasteiger partial charge on any atom is 0.306 e. The second kappa shape index (κ2) is 5.41. The summed E-state index contributed by atoms with van der Waals surface area (Å²) < 4.78 is 5.28. The lowest BCUT2D eigenvalue weighted by Gasteiger charge is -2.41. The summed E-state index contributed by atoms with van der Waals surface area (Å²) in [4.78, 5) is 17.1. The Hall–Kier alpha value is -2.01. The summed E-state index contributed by atoms with van der Waals surface area (Å²) in [5, 5.41) is 9.34. The molecule has 2 N–H and O–H groups in total. The van der Waals surface area contributed by atoms with Gasteiger partial charge in [0.05, 0.1) is 13.0 Å². The summed E-state index contributed by atoms with van der Waals surface area (Å²) in [7, 11) is 1.63. The third kappa shape index (κ3) is 2.49. The van der Waals surface area contributed by atoms with Gasteiger partial charge in [0, 0.05) is 12.1 Å². The fourth-order valence-corrected chi connectivity index (χ4v) is 3.35. The van der Waals surface area contributed by atoms with Crippen LogP contribution in [0.1, 0.15) is 30.7 Å². The molecule has 1 fully saturated rings. The number of aliphatic carboxylic acids is 1. The van der Waals surface area contributed by atoms with E-state index in [1.165, 1.54) is 0 Å². The van der Waals surface area contributed by atoms with E-state index in [2.05, 4.69) is 5.48 Å². The summed E-state index contributed by atoms with van der Waals surface area (Å²) in [5.41, 5.74) is 3.39. The number of carboxylic acid groups (broad SMARTS) is 1. The molecule has 0 amide bonds. The molecule has 0 radical (unpaired) electrons. The molecule has 2 aliphatic rings. The normalized spacial score (nSPS) is 31.1. The molecule has 5 nitrogen and oxygen atoms in total. The van der Waals surface area contributed by atoms with E-state index in [9.17, 15) is 9.90 Å². The zero-order valence-electron chi connectivity index (χ0n) is 11.9. The van der Waals surface area contributed by atoms with Crippen LogP contribution in [0.2, 0.25) is 0 Å². The van der Waals surface area contributed by atoms with Crippen molar-refractivity contribution in [3.63, 3.8) is 0 Å². The minimum atomic E-state index is -0.729. The van der Waals surface area contributed by atoms with Crippen LogP contribution >= 0.6 is 0 Å². The predicted octanol–water partition coefficient (Wildman–Crippen LogP) is 2.45. The highest BCUT2D eigenvalue weighted by atomic mass is 16.7. The quantitative estimate of drug-likeness (QED) is 0.894. The van der Waals surface area contributed by atoms with Gasteiger partial charge in [-0.05, 0) is 43.0 Å². The number of benzene rings is 1. The number of hydrogen-bond donors (Lipinski definition) is 2. The second-order valence-electron chi connectivity index (χ2n) is 5.65. The standard InChI is InChI=1S/C16H19NO4/c1-20-13-4-2-3-11(9-13)14-10-12(15(18)19)5-6-16(14)7-8-17-21-16/h2-4,7-9,12,14,17H,5-6,10H2,1H3,(H,18,19). The number of methoxy groups -OCH3 is 1. The van der Waals surface area contributed by atoms with Crippen molar-refractivity contribution in [3.05, 3.63) is 42.1 Å². The van der Waals surface area contributed by atoms with Gasteiger partial charge in [0.15, 0.2) is 0 Å². The average Bonchev–Trinajstić information content (AvgIpc) is 2.96. The maximum absolute atomic E-state index is 11.4. The zero-order chi connectivity index (χ0) is 14.9. The van der Waals surface area contributed by atoms with Crippen molar-refractivity contribution in [1.82, 2.24) is 5.48 Å². The van der Waals surface area contributed by atoms with Gasteiger partial charge in [-0.1, -0.05) is 12.1 Å². The molecule has 1 aromatic carbocycles. The Bertz CT molecular complexity index is 571. The Balaban J connectivity index is 1.96. The summed E-state index contributed by atoms with van der Waals surface area (Å²) >= 11 is 0. The fraction of sp³-hybridized carbons (Fsp3) is 0.438. The first-order valence-corrected chi connectivity index (χ1v) is 7.12. The molecule has 3 rings (SSSR count). The van der Waals surface area contributed by atoms with Crippen molar-refractivity contribution in [2.75, 3.05) is 7.11 Å². The average molecular weight is 289 g/mol. The second-order valence-corrected chi connectivity index (χ2v) is 5.65. The highest BCUT2D eigenvalue weighted by molar-refractivity contribution is 5.70. The zero-order valence-corrected chi connectivity index (χ0v) is 11.9. The monoisotopic (exact) mass is 289 g/mol. The summed E-state index contributed by atoms with van der Waals surface area (Å²) in [6, 6.07) is 7.79. The van der Waals surface area contributed by atoms with Gasteiger partial charge in [-0.15, -0.1) is 0 Å². The van der Waals surface area contributed by atoms with E-state index in [-0.39, 0.29) is 11.8 Å². The van der Waals surface area contributed by atoms with Gasteiger partial charge in [-0.25, -0.2) is 0 Å². The molecule has 1 aliphatic carbocycles. The van der Waals surface area contributed by atoms with E-state index in [1.54, 1.807) is 13.3 Å². The summed E-state index contributed by atoms with van der Waals surface area (Å²) in [6.45, 7) is 0. The minimum Gasteiger partial charge on any atom is -0.497 e. The number of carboxylic acids is 1. The van der Waals surface area contributed by atoms with Crippen LogP contribution in [0.25, 0.3) is 0 Å². The molecular weight excluding hydrogens is 270 g/mol. The Kier molecular flexibility index (Phi) is 3.59. The van der Waals surface area contributed by atoms with Gasteiger partial charge >= 0.3 is 5.97 Å². The molecule has 5 heteroatoms. The van der Waals surface area contributed by atoms with E-state index < -0.39 is 11.6 Å². The largest absolute Gasteiger partial charge is 0.497 e. The van der Waals surface area contributed by atoms with Crippen molar-refractivity contribution in [3.8, 4) is 5.75 Å². The van der Waals surface area contributed by atoms with Crippen LogP contribution in [0.3, 0.4) is 0 Å². The van der Waals surface area contributed by atoms with Crippen LogP contribution in [-0.4, -0.2) is 23.8 Å². The van der Waals surface area contributed by atoms with E-state index in [0.29, 0.717) is 19.3 Å². The van der Waals surface area contributed by atoms with Crippen LogP contribution in [0.15, 0.2) is 36.5 Å². The molecule has 112 valence electrons. The molecule has 0 aromatic heterocycles. The van der Waals surface area contributed by atoms with Crippen LogP contribution in [0, 0.1) is 5.92 Å². The van der Waals surface area contributed by atoms with Gasteiger partial charge in [0.25, 0.3) is 0 Å². The van der Waals surface area contributed by atoms with Gasteiger partial charge in [0.2, 0.25) is 0 Å². The molecule has 3 unspecified atom stereocenters. The smallest absolute Gasteiger partial charge is 0.306 e. The first-order valence-electron chi connectivity index (χ1n) is 7.12. The molecule has 1 spiro atoms. The molecule has 0 saturated heterocycles. The maximum atomic E-state index is 11.4. The Morgan fingerprint density at radius 3 is 3.05 bits per heavy atom. The molecule has 0 bridgehead atoms. The third-order valence-electron chi connectivity index (χ3n) is 4.52. The van der Waals surface area contributed by atoms with Gasteiger partial charge in [-0.2, -0.15) is 0 Å². The Labute approximate surface area is 123 Å². The van der Waals surface area contributed by atoms with Crippen molar-refractivity contribution in [1.29, 1.82) is 0 Å². The number of nitrogens with one attached hydrogen (secondary N) is 1. The number of carbonyl (C=O) groups is 1. The van der Waals surface area contributed by atoms with Gasteiger partial charge in [-0.3, -0.25) is 15.1 Å². The van der Waals surface area contributed by atoms with Crippen LogP contribution in [0.4, 0.5) is 0 Å². The number of hydroxylamine groups is 1. The lowest BCUT2D eigenvalue weighted by atomic mass is 9.68. The number of rotatable bonds is 3. The van der Waals surface area contributed by atoms with Gasteiger partial charge < -0.3 is 9.84 Å².